The van der Waals surface area contributed by atoms with Crippen LogP contribution in [-0.2, 0) is 0 Å². The summed E-state index contributed by atoms with van der Waals surface area (Å²) in [5, 5.41) is 21.1. The van der Waals surface area contributed by atoms with Crippen LogP contribution in [0.5, 0.6) is 17.2 Å². The number of nitrogens with zero attached hydrogens (tertiary/aromatic N) is 2. The molecule has 0 saturated carbocycles. The molecule has 0 aliphatic rings. The van der Waals surface area contributed by atoms with Crippen LogP contribution in [0.25, 0.3) is 10.9 Å². The number of fused-ring (bicyclic) bond motifs is 1. The number of hydrogen-bond donors (Lipinski definition) is 1. The van der Waals surface area contributed by atoms with Gasteiger partial charge in [-0.25, -0.2) is 0 Å². The summed E-state index contributed by atoms with van der Waals surface area (Å²) in [7, 11) is 0. The Balaban J connectivity index is 2.07. The van der Waals surface area contributed by atoms with Gasteiger partial charge in [0.05, 0.1) is 21.5 Å². The van der Waals surface area contributed by atoms with Crippen molar-refractivity contribution < 1.29 is 14.8 Å². The van der Waals surface area contributed by atoms with Gasteiger partial charge < -0.3 is 9.84 Å². The Bertz CT molecular complexity index is 877. The number of phenolic OH excluding ortho intramolecular Hbond substituents is 1. The first-order valence-corrected chi connectivity index (χ1v) is 6.62. The van der Waals surface area contributed by atoms with E-state index < -0.39 is 16.4 Å². The minimum Gasteiger partial charge on any atom is -0.501 e. The SMILES string of the molecule is O=[N+]([O-])c1cc(Oc2ccnc3ccccc23)cc(Cl)c1O. The smallest absolute Gasteiger partial charge is 0.316 e. The fourth-order valence-corrected chi connectivity index (χ4v) is 2.25. The van der Waals surface area contributed by atoms with Crippen molar-refractivity contribution in [2.75, 3.05) is 0 Å². The Morgan fingerprint density at radius 2 is 2.00 bits per heavy atom. The molecule has 0 radical (unpaired) electrons. The lowest BCUT2D eigenvalue weighted by atomic mass is 10.2. The van der Waals surface area contributed by atoms with Gasteiger partial charge in [0.15, 0.2) is 0 Å². The summed E-state index contributed by atoms with van der Waals surface area (Å²) in [5.74, 6) is 0.0612. The summed E-state index contributed by atoms with van der Waals surface area (Å²) in [6.45, 7) is 0. The molecule has 2 aromatic carbocycles. The van der Waals surface area contributed by atoms with Crippen molar-refractivity contribution in [1.82, 2.24) is 4.98 Å². The monoisotopic (exact) mass is 316 g/mol. The van der Waals surface area contributed by atoms with Crippen molar-refractivity contribution >= 4 is 28.2 Å². The molecule has 0 saturated heterocycles. The molecule has 0 unspecified atom stereocenters. The molecule has 0 bridgehead atoms. The van der Waals surface area contributed by atoms with Gasteiger partial charge in [-0.15, -0.1) is 0 Å². The molecule has 0 fully saturated rings. The molecule has 3 rings (SSSR count). The molecule has 1 heterocycles. The zero-order chi connectivity index (χ0) is 15.7. The third kappa shape index (κ3) is 2.51. The van der Waals surface area contributed by atoms with E-state index in [0.717, 1.165) is 17.0 Å². The van der Waals surface area contributed by atoms with E-state index in [1.165, 1.54) is 6.07 Å². The average molecular weight is 317 g/mol. The summed E-state index contributed by atoms with van der Waals surface area (Å²) in [6.07, 6.45) is 1.58. The molecule has 3 aromatic rings. The minimum atomic E-state index is -0.723. The van der Waals surface area contributed by atoms with Crippen molar-refractivity contribution in [2.45, 2.75) is 0 Å². The first-order valence-electron chi connectivity index (χ1n) is 6.25. The number of nitro groups is 1. The fraction of sp³-hybridized carbons (Fsp3) is 0. The summed E-state index contributed by atoms with van der Waals surface area (Å²) in [5.41, 5.74) is 0.222. The van der Waals surface area contributed by atoms with Crippen molar-refractivity contribution in [3.05, 3.63) is 63.8 Å². The normalized spacial score (nSPS) is 10.6. The highest BCUT2D eigenvalue weighted by Gasteiger charge is 2.19. The quantitative estimate of drug-likeness (QED) is 0.575. The standard InChI is InChI=1S/C15H9ClN2O4/c16-11-7-9(8-13(15(11)19)18(20)21)22-14-5-6-17-12-4-2-1-3-10(12)14/h1-8,19H. The number of pyridine rings is 1. The van der Waals surface area contributed by atoms with Crippen LogP contribution in [0.15, 0.2) is 48.7 Å². The van der Waals surface area contributed by atoms with Crippen LogP contribution in [0, 0.1) is 10.1 Å². The van der Waals surface area contributed by atoms with Crippen LogP contribution in [-0.4, -0.2) is 15.0 Å². The number of phenols is 1. The van der Waals surface area contributed by atoms with Crippen molar-refractivity contribution in [2.24, 2.45) is 0 Å². The molecule has 0 amide bonds. The van der Waals surface area contributed by atoms with Gasteiger partial charge in [-0.3, -0.25) is 15.1 Å². The highest BCUT2D eigenvalue weighted by Crippen LogP contribution is 2.39. The molecule has 0 aliphatic carbocycles. The minimum absolute atomic E-state index is 0.150. The second kappa shape index (κ2) is 5.50. The number of rotatable bonds is 3. The first kappa shape index (κ1) is 14.1. The van der Waals surface area contributed by atoms with Gasteiger partial charge in [0.1, 0.15) is 11.5 Å². The number of aromatic hydroxyl groups is 1. The predicted octanol–water partition coefficient (Wildman–Crippen LogP) is 4.29. The van der Waals surface area contributed by atoms with Gasteiger partial charge in [0, 0.05) is 17.6 Å². The van der Waals surface area contributed by atoms with E-state index in [4.69, 9.17) is 16.3 Å². The molecule has 6 nitrogen and oxygen atoms in total. The molecule has 22 heavy (non-hydrogen) atoms. The van der Waals surface area contributed by atoms with Gasteiger partial charge in [-0.05, 0) is 18.2 Å². The second-order valence-corrected chi connectivity index (χ2v) is 4.87. The third-order valence-corrected chi connectivity index (χ3v) is 3.34. The maximum atomic E-state index is 10.9. The van der Waals surface area contributed by atoms with Crippen LogP contribution in [0.2, 0.25) is 5.02 Å². The Morgan fingerprint density at radius 1 is 1.23 bits per heavy atom. The van der Waals surface area contributed by atoms with Crippen LogP contribution >= 0.6 is 11.6 Å². The third-order valence-electron chi connectivity index (χ3n) is 3.05. The molecular weight excluding hydrogens is 308 g/mol. The van der Waals surface area contributed by atoms with E-state index in [-0.39, 0.29) is 10.8 Å². The number of hydrogen-bond acceptors (Lipinski definition) is 5. The Kier molecular flexibility index (Phi) is 3.52. The molecule has 0 spiro atoms. The average Bonchev–Trinajstić information content (AvgIpc) is 2.51. The van der Waals surface area contributed by atoms with E-state index in [2.05, 4.69) is 4.98 Å². The van der Waals surface area contributed by atoms with Gasteiger partial charge in [0.2, 0.25) is 5.75 Å². The van der Waals surface area contributed by atoms with Crippen molar-refractivity contribution in [3.63, 3.8) is 0 Å². The topological polar surface area (TPSA) is 85.5 Å². The van der Waals surface area contributed by atoms with E-state index in [1.807, 2.05) is 24.3 Å². The highest BCUT2D eigenvalue weighted by atomic mass is 35.5. The fourth-order valence-electron chi connectivity index (χ4n) is 2.04. The van der Waals surface area contributed by atoms with E-state index in [0.29, 0.717) is 5.75 Å². The van der Waals surface area contributed by atoms with Crippen molar-refractivity contribution in [1.29, 1.82) is 0 Å². The number of benzene rings is 2. The Hall–Kier alpha value is -2.86. The largest absolute Gasteiger partial charge is 0.501 e. The summed E-state index contributed by atoms with van der Waals surface area (Å²) < 4.78 is 5.68. The van der Waals surface area contributed by atoms with E-state index >= 15 is 0 Å². The first-order chi connectivity index (χ1) is 10.6. The number of para-hydroxylation sites is 1. The van der Waals surface area contributed by atoms with Crippen LogP contribution in [0.4, 0.5) is 5.69 Å². The highest BCUT2D eigenvalue weighted by molar-refractivity contribution is 6.32. The Labute approximate surface area is 129 Å². The van der Waals surface area contributed by atoms with Crippen LogP contribution in [0.3, 0.4) is 0 Å². The lowest BCUT2D eigenvalue weighted by Gasteiger charge is -2.09. The Morgan fingerprint density at radius 3 is 2.77 bits per heavy atom. The molecule has 1 N–H and O–H groups in total. The van der Waals surface area contributed by atoms with Crippen LogP contribution < -0.4 is 4.74 Å². The lowest BCUT2D eigenvalue weighted by molar-refractivity contribution is -0.385. The number of ether oxygens (including phenoxy) is 1. The predicted molar refractivity (Wildman–Crippen MR) is 81.6 cm³/mol. The summed E-state index contributed by atoms with van der Waals surface area (Å²) >= 11 is 5.80. The van der Waals surface area contributed by atoms with E-state index in [9.17, 15) is 15.2 Å². The zero-order valence-corrected chi connectivity index (χ0v) is 11.8. The number of aromatic nitrogens is 1. The number of nitro benzene ring substituents is 1. The van der Waals surface area contributed by atoms with Crippen LogP contribution in [0.1, 0.15) is 0 Å². The maximum absolute atomic E-state index is 10.9. The molecular formula is C15H9ClN2O4. The molecule has 7 heteroatoms. The molecule has 0 atom stereocenters. The van der Waals surface area contributed by atoms with E-state index in [1.54, 1.807) is 12.3 Å². The summed E-state index contributed by atoms with van der Waals surface area (Å²) in [6, 6.07) is 11.4. The maximum Gasteiger partial charge on any atom is 0.316 e. The number of halogens is 1. The van der Waals surface area contributed by atoms with Gasteiger partial charge >= 0.3 is 5.69 Å². The van der Waals surface area contributed by atoms with Gasteiger partial charge in [-0.1, -0.05) is 23.7 Å². The molecule has 110 valence electrons. The molecule has 1 aromatic heterocycles. The van der Waals surface area contributed by atoms with Gasteiger partial charge in [-0.2, -0.15) is 0 Å². The zero-order valence-electron chi connectivity index (χ0n) is 11.1. The van der Waals surface area contributed by atoms with Crippen molar-refractivity contribution in [3.8, 4) is 17.2 Å². The second-order valence-electron chi connectivity index (χ2n) is 4.46. The summed E-state index contributed by atoms with van der Waals surface area (Å²) in [4.78, 5) is 14.4. The van der Waals surface area contributed by atoms with Gasteiger partial charge in [0.25, 0.3) is 0 Å². The lowest BCUT2D eigenvalue weighted by Crippen LogP contribution is -1.92. The molecule has 0 aliphatic heterocycles.